The summed E-state index contributed by atoms with van der Waals surface area (Å²) in [6, 6.07) is 20.5. The summed E-state index contributed by atoms with van der Waals surface area (Å²) in [6.45, 7) is 5.33. The number of phenols is 1. The number of nitrogens with one attached hydrogen (secondary N) is 5. The Bertz CT molecular complexity index is 1500. The second-order valence-electron chi connectivity index (χ2n) is 12.1. The maximum Gasteiger partial charge on any atom is 0.243 e. The summed E-state index contributed by atoms with van der Waals surface area (Å²) in [5, 5.41) is 23.0. The number of hydrogen-bond acceptors (Lipinski definition) is 7. The largest absolute Gasteiger partial charge is 0.508 e. The number of rotatable bonds is 17. The van der Waals surface area contributed by atoms with Crippen LogP contribution in [-0.4, -0.2) is 65.4 Å². The van der Waals surface area contributed by atoms with E-state index in [0.717, 1.165) is 11.1 Å². The molecule has 256 valence electrons. The van der Waals surface area contributed by atoms with Crippen molar-refractivity contribution in [2.24, 2.45) is 11.7 Å². The lowest BCUT2D eigenvalue weighted by Crippen LogP contribution is -2.58. The molecule has 0 unspecified atom stereocenters. The molecule has 5 amide bonds. The van der Waals surface area contributed by atoms with Crippen molar-refractivity contribution >= 4 is 29.5 Å². The SMILES string of the molecule is CC(C)C[C@H](N)C(=O)N[C@@H](Cc1ccc(O)cc1)C(=O)N[C@@H](C)C(=O)N[C@@H](Cc1ccccc1)C(=O)NCC(=O)NCc1ccccc1. The van der Waals surface area contributed by atoms with Crippen LogP contribution >= 0.6 is 0 Å². The molecule has 0 aromatic heterocycles. The van der Waals surface area contributed by atoms with Gasteiger partial charge in [-0.3, -0.25) is 24.0 Å². The van der Waals surface area contributed by atoms with E-state index in [9.17, 15) is 29.1 Å². The molecule has 0 aliphatic heterocycles. The minimum absolute atomic E-state index is 0.0509. The molecule has 0 aliphatic rings. The lowest BCUT2D eigenvalue weighted by Gasteiger charge is -2.25. The smallest absolute Gasteiger partial charge is 0.243 e. The number of nitrogens with two attached hydrogens (primary N) is 1. The summed E-state index contributed by atoms with van der Waals surface area (Å²) in [7, 11) is 0. The minimum Gasteiger partial charge on any atom is -0.508 e. The van der Waals surface area contributed by atoms with Crippen LogP contribution in [0.2, 0.25) is 0 Å². The van der Waals surface area contributed by atoms with Gasteiger partial charge in [0.15, 0.2) is 0 Å². The van der Waals surface area contributed by atoms with Crippen molar-refractivity contribution in [3.8, 4) is 5.75 Å². The van der Waals surface area contributed by atoms with Gasteiger partial charge in [-0.25, -0.2) is 0 Å². The van der Waals surface area contributed by atoms with Crippen LogP contribution < -0.4 is 32.3 Å². The highest BCUT2D eigenvalue weighted by Crippen LogP contribution is 2.12. The summed E-state index contributed by atoms with van der Waals surface area (Å²) in [4.78, 5) is 65.3. The summed E-state index contributed by atoms with van der Waals surface area (Å²) >= 11 is 0. The zero-order chi connectivity index (χ0) is 35.1. The molecule has 0 saturated heterocycles. The van der Waals surface area contributed by atoms with Crippen LogP contribution in [-0.2, 0) is 43.4 Å². The number of aromatic hydroxyl groups is 1. The fourth-order valence-electron chi connectivity index (χ4n) is 4.86. The highest BCUT2D eigenvalue weighted by atomic mass is 16.3. The van der Waals surface area contributed by atoms with Crippen molar-refractivity contribution in [2.45, 2.75) is 70.7 Å². The Morgan fingerprint density at radius 1 is 0.625 bits per heavy atom. The van der Waals surface area contributed by atoms with Crippen LogP contribution in [0.25, 0.3) is 0 Å². The first-order chi connectivity index (χ1) is 22.9. The molecule has 3 aromatic rings. The quantitative estimate of drug-likeness (QED) is 0.114. The van der Waals surface area contributed by atoms with E-state index in [0.29, 0.717) is 18.5 Å². The van der Waals surface area contributed by atoms with Gasteiger partial charge in [0.05, 0.1) is 12.6 Å². The van der Waals surface area contributed by atoms with Crippen LogP contribution in [0.5, 0.6) is 5.75 Å². The van der Waals surface area contributed by atoms with E-state index in [-0.39, 0.29) is 31.1 Å². The Balaban J connectivity index is 1.66. The second kappa shape index (κ2) is 18.8. The Kier molecular flexibility index (Phi) is 14.6. The lowest BCUT2D eigenvalue weighted by molar-refractivity contribution is -0.133. The van der Waals surface area contributed by atoms with Crippen LogP contribution in [0.1, 0.15) is 43.9 Å². The van der Waals surface area contributed by atoms with Crippen molar-refractivity contribution in [3.05, 3.63) is 102 Å². The molecule has 8 N–H and O–H groups in total. The maximum atomic E-state index is 13.4. The first-order valence-corrected chi connectivity index (χ1v) is 16.0. The van der Waals surface area contributed by atoms with Crippen molar-refractivity contribution in [3.63, 3.8) is 0 Å². The van der Waals surface area contributed by atoms with Crippen molar-refractivity contribution in [2.75, 3.05) is 6.54 Å². The number of hydrogen-bond donors (Lipinski definition) is 7. The average molecular weight is 659 g/mol. The van der Waals surface area contributed by atoms with E-state index in [4.69, 9.17) is 5.73 Å². The van der Waals surface area contributed by atoms with Crippen molar-refractivity contribution in [1.29, 1.82) is 0 Å². The van der Waals surface area contributed by atoms with E-state index in [1.807, 2.05) is 74.5 Å². The zero-order valence-corrected chi connectivity index (χ0v) is 27.6. The summed E-state index contributed by atoms with van der Waals surface area (Å²) in [6.07, 6.45) is 0.627. The Morgan fingerprint density at radius 3 is 1.73 bits per heavy atom. The lowest BCUT2D eigenvalue weighted by atomic mass is 10.0. The van der Waals surface area contributed by atoms with E-state index in [2.05, 4.69) is 26.6 Å². The molecular formula is C36H46N6O6. The van der Waals surface area contributed by atoms with Gasteiger partial charge in [-0.15, -0.1) is 0 Å². The van der Waals surface area contributed by atoms with E-state index < -0.39 is 53.7 Å². The number of phenolic OH excluding ortho intramolecular Hbond substituents is 1. The van der Waals surface area contributed by atoms with Gasteiger partial charge in [0, 0.05) is 19.4 Å². The minimum atomic E-state index is -1.10. The van der Waals surface area contributed by atoms with Gasteiger partial charge >= 0.3 is 0 Å². The standard InChI is InChI=1S/C36H46N6O6/c1-23(2)18-29(37)34(46)42-31(20-26-14-16-28(43)17-15-26)36(48)40-24(3)33(45)41-30(19-25-10-6-4-7-11-25)35(47)39-22-32(44)38-21-27-12-8-5-9-13-27/h4-17,23-24,29-31,43H,18-22,37H2,1-3H3,(H,38,44)(H,39,47)(H,40,48)(H,41,45)(H,42,46)/t24-,29-,30-,31-/m0/s1. The van der Waals surface area contributed by atoms with Gasteiger partial charge in [-0.05, 0) is 48.1 Å². The van der Waals surface area contributed by atoms with Crippen molar-refractivity contribution in [1.82, 2.24) is 26.6 Å². The molecule has 4 atom stereocenters. The topological polar surface area (TPSA) is 192 Å². The molecule has 48 heavy (non-hydrogen) atoms. The molecule has 3 rings (SSSR count). The summed E-state index contributed by atoms with van der Waals surface area (Å²) in [5.74, 6) is -2.54. The molecule has 12 nitrogen and oxygen atoms in total. The van der Waals surface area contributed by atoms with Gasteiger partial charge in [-0.1, -0.05) is 86.6 Å². The third-order valence-electron chi connectivity index (χ3n) is 7.49. The maximum absolute atomic E-state index is 13.4. The van der Waals surface area contributed by atoms with Crippen molar-refractivity contribution < 1.29 is 29.1 Å². The number of amides is 5. The molecule has 0 saturated carbocycles. The second-order valence-corrected chi connectivity index (χ2v) is 12.1. The van der Waals surface area contributed by atoms with E-state index in [1.165, 1.54) is 19.1 Å². The van der Waals surface area contributed by atoms with Gasteiger partial charge in [0.25, 0.3) is 0 Å². The van der Waals surface area contributed by atoms with Gasteiger partial charge < -0.3 is 37.4 Å². The first kappa shape index (κ1) is 37.2. The fourth-order valence-corrected chi connectivity index (χ4v) is 4.86. The molecule has 0 heterocycles. The number of carbonyl (C=O) groups is 5. The fraction of sp³-hybridized carbons (Fsp3) is 0.361. The third-order valence-corrected chi connectivity index (χ3v) is 7.49. The summed E-state index contributed by atoms with van der Waals surface area (Å²) in [5.41, 5.74) is 8.40. The van der Waals surface area contributed by atoms with Gasteiger partial charge in [0.1, 0.15) is 23.9 Å². The Morgan fingerprint density at radius 2 is 1.15 bits per heavy atom. The van der Waals surface area contributed by atoms with Crippen LogP contribution in [0, 0.1) is 5.92 Å². The molecular weight excluding hydrogens is 612 g/mol. The first-order valence-electron chi connectivity index (χ1n) is 16.0. The summed E-state index contributed by atoms with van der Waals surface area (Å²) < 4.78 is 0. The highest BCUT2D eigenvalue weighted by molar-refractivity contribution is 5.95. The average Bonchev–Trinajstić information content (AvgIpc) is 3.07. The van der Waals surface area contributed by atoms with Crippen LogP contribution in [0.15, 0.2) is 84.9 Å². The van der Waals surface area contributed by atoms with Crippen LogP contribution in [0.3, 0.4) is 0 Å². The Hall–Kier alpha value is -5.23. The molecule has 0 radical (unpaired) electrons. The molecule has 0 fully saturated rings. The molecule has 3 aromatic carbocycles. The molecule has 0 aliphatic carbocycles. The zero-order valence-electron chi connectivity index (χ0n) is 27.6. The Labute approximate surface area is 281 Å². The van der Waals surface area contributed by atoms with E-state index in [1.54, 1.807) is 12.1 Å². The molecule has 0 bridgehead atoms. The van der Waals surface area contributed by atoms with Gasteiger partial charge in [-0.2, -0.15) is 0 Å². The predicted octanol–water partition coefficient (Wildman–Crippen LogP) is 1.46. The predicted molar refractivity (Wildman–Crippen MR) is 182 cm³/mol. The molecule has 12 heteroatoms. The molecule has 0 spiro atoms. The van der Waals surface area contributed by atoms with E-state index >= 15 is 0 Å². The van der Waals surface area contributed by atoms with Gasteiger partial charge in [0.2, 0.25) is 29.5 Å². The highest BCUT2D eigenvalue weighted by Gasteiger charge is 2.29. The number of benzene rings is 3. The third kappa shape index (κ3) is 12.9. The van der Waals surface area contributed by atoms with Crippen LogP contribution in [0.4, 0.5) is 0 Å². The normalized spacial score (nSPS) is 13.4. The number of carbonyl (C=O) groups excluding carboxylic acids is 5. The monoisotopic (exact) mass is 658 g/mol.